The Morgan fingerprint density at radius 3 is 2.81 bits per heavy atom. The molecule has 1 aromatic carbocycles. The number of anilines is 1. The summed E-state index contributed by atoms with van der Waals surface area (Å²) < 4.78 is 13.7. The van der Waals surface area contributed by atoms with Gasteiger partial charge in [0.05, 0.1) is 5.69 Å². The molecule has 1 aromatic rings. The lowest BCUT2D eigenvalue weighted by molar-refractivity contribution is 0.416. The van der Waals surface area contributed by atoms with Crippen LogP contribution in [0.5, 0.6) is 0 Å². The van der Waals surface area contributed by atoms with Gasteiger partial charge in [-0.25, -0.2) is 4.39 Å². The van der Waals surface area contributed by atoms with E-state index in [1.165, 1.54) is 12.8 Å². The lowest BCUT2D eigenvalue weighted by Crippen LogP contribution is -2.52. The Hall–Kier alpha value is -1.09. The Morgan fingerprint density at radius 2 is 2.06 bits per heavy atom. The van der Waals surface area contributed by atoms with Gasteiger partial charge in [0.2, 0.25) is 0 Å². The summed E-state index contributed by atoms with van der Waals surface area (Å²) in [5, 5.41) is 3.54. The maximum atomic E-state index is 13.7. The van der Waals surface area contributed by atoms with E-state index in [0.717, 1.165) is 31.2 Å². The van der Waals surface area contributed by atoms with Gasteiger partial charge in [-0.15, -0.1) is 0 Å². The third-order valence-electron chi connectivity index (χ3n) is 3.59. The van der Waals surface area contributed by atoms with Crippen molar-refractivity contribution < 1.29 is 4.39 Å². The van der Waals surface area contributed by atoms with Gasteiger partial charge in [-0.3, -0.25) is 0 Å². The van der Waals surface area contributed by atoms with Crippen LogP contribution in [0.25, 0.3) is 0 Å². The molecule has 1 saturated carbocycles. The van der Waals surface area contributed by atoms with E-state index in [1.54, 1.807) is 12.1 Å². The molecule has 2 aliphatic rings. The first kappa shape index (κ1) is 10.1. The standard InChI is InChI=1S/C13H17FN2/c14-11-3-1-2-4-13(11)16-8-7-15-12(9-16)10-5-6-10/h1-4,10,12,15H,5-9H2. The molecule has 1 unspecified atom stereocenters. The lowest BCUT2D eigenvalue weighted by atomic mass is 10.1. The Labute approximate surface area is 95.4 Å². The number of halogens is 1. The number of hydrogen-bond donors (Lipinski definition) is 1. The molecule has 2 nitrogen and oxygen atoms in total. The van der Waals surface area contributed by atoms with Crippen LogP contribution in [0.3, 0.4) is 0 Å². The molecular weight excluding hydrogens is 203 g/mol. The van der Waals surface area contributed by atoms with Crippen molar-refractivity contribution in [3.63, 3.8) is 0 Å². The normalized spacial score (nSPS) is 25.8. The molecule has 1 heterocycles. The summed E-state index contributed by atoms with van der Waals surface area (Å²) in [4.78, 5) is 2.18. The molecule has 1 saturated heterocycles. The molecule has 1 aliphatic heterocycles. The van der Waals surface area contributed by atoms with E-state index in [1.807, 2.05) is 12.1 Å². The van der Waals surface area contributed by atoms with E-state index < -0.39 is 0 Å². The van der Waals surface area contributed by atoms with Gasteiger partial charge in [-0.05, 0) is 30.9 Å². The minimum Gasteiger partial charge on any atom is -0.366 e. The highest BCUT2D eigenvalue weighted by molar-refractivity contribution is 5.48. The number of nitrogens with one attached hydrogen (secondary N) is 1. The molecule has 1 N–H and O–H groups in total. The SMILES string of the molecule is Fc1ccccc1N1CCNC(C2CC2)C1. The van der Waals surface area contributed by atoms with E-state index in [0.29, 0.717) is 6.04 Å². The molecule has 0 bridgehead atoms. The largest absolute Gasteiger partial charge is 0.366 e. The zero-order valence-corrected chi connectivity index (χ0v) is 9.32. The summed E-state index contributed by atoms with van der Waals surface area (Å²) in [7, 11) is 0. The van der Waals surface area contributed by atoms with Gasteiger partial charge in [0.15, 0.2) is 0 Å². The summed E-state index contributed by atoms with van der Waals surface area (Å²) >= 11 is 0. The predicted octanol–water partition coefficient (Wildman–Crippen LogP) is 2.01. The molecular formula is C13H17FN2. The highest BCUT2D eigenvalue weighted by atomic mass is 19.1. The number of hydrogen-bond acceptors (Lipinski definition) is 2. The third-order valence-corrected chi connectivity index (χ3v) is 3.59. The minimum atomic E-state index is -0.0982. The molecule has 86 valence electrons. The van der Waals surface area contributed by atoms with Crippen molar-refractivity contribution in [1.82, 2.24) is 5.32 Å². The van der Waals surface area contributed by atoms with Crippen LogP contribution < -0.4 is 10.2 Å². The second-order valence-electron chi connectivity index (χ2n) is 4.80. The van der Waals surface area contributed by atoms with E-state index in [2.05, 4.69) is 10.2 Å². The van der Waals surface area contributed by atoms with E-state index in [4.69, 9.17) is 0 Å². The summed E-state index contributed by atoms with van der Waals surface area (Å²) in [6.45, 7) is 2.82. The summed E-state index contributed by atoms with van der Waals surface area (Å²) in [6.07, 6.45) is 2.67. The van der Waals surface area contributed by atoms with Crippen molar-refractivity contribution >= 4 is 5.69 Å². The second kappa shape index (κ2) is 4.06. The van der Waals surface area contributed by atoms with Gasteiger partial charge < -0.3 is 10.2 Å². The number of rotatable bonds is 2. The monoisotopic (exact) mass is 220 g/mol. The summed E-state index contributed by atoms with van der Waals surface area (Å²) in [5.74, 6) is 0.730. The van der Waals surface area contributed by atoms with E-state index in [-0.39, 0.29) is 5.82 Å². The summed E-state index contributed by atoms with van der Waals surface area (Å²) in [5.41, 5.74) is 0.759. The maximum Gasteiger partial charge on any atom is 0.146 e. The molecule has 3 heteroatoms. The Kier molecular flexibility index (Phi) is 2.56. The fourth-order valence-electron chi connectivity index (χ4n) is 2.52. The molecule has 0 spiro atoms. The second-order valence-corrected chi connectivity index (χ2v) is 4.80. The smallest absolute Gasteiger partial charge is 0.146 e. The molecule has 2 fully saturated rings. The number of benzene rings is 1. The van der Waals surface area contributed by atoms with Crippen molar-refractivity contribution in [2.24, 2.45) is 5.92 Å². The van der Waals surface area contributed by atoms with Crippen LogP contribution >= 0.6 is 0 Å². The lowest BCUT2D eigenvalue weighted by Gasteiger charge is -2.35. The number of piperazine rings is 1. The predicted molar refractivity (Wildman–Crippen MR) is 63.1 cm³/mol. The third kappa shape index (κ3) is 1.92. The summed E-state index contributed by atoms with van der Waals surface area (Å²) in [6, 6.07) is 7.65. The van der Waals surface area contributed by atoms with Crippen molar-refractivity contribution in [2.75, 3.05) is 24.5 Å². The van der Waals surface area contributed by atoms with Crippen LogP contribution in [-0.4, -0.2) is 25.7 Å². The molecule has 0 aromatic heterocycles. The Balaban J connectivity index is 1.76. The molecule has 1 aliphatic carbocycles. The first-order chi connectivity index (χ1) is 7.84. The molecule has 3 rings (SSSR count). The van der Waals surface area contributed by atoms with Crippen molar-refractivity contribution in [3.05, 3.63) is 30.1 Å². The minimum absolute atomic E-state index is 0.0982. The highest BCUT2D eigenvalue weighted by Crippen LogP contribution is 2.34. The van der Waals surface area contributed by atoms with Crippen LogP contribution in [0.4, 0.5) is 10.1 Å². The zero-order valence-electron chi connectivity index (χ0n) is 9.32. The zero-order chi connectivity index (χ0) is 11.0. The van der Waals surface area contributed by atoms with Crippen LogP contribution in [-0.2, 0) is 0 Å². The van der Waals surface area contributed by atoms with E-state index >= 15 is 0 Å². The molecule has 0 radical (unpaired) electrons. The fourth-order valence-corrected chi connectivity index (χ4v) is 2.52. The molecule has 1 atom stereocenters. The topological polar surface area (TPSA) is 15.3 Å². The van der Waals surface area contributed by atoms with Crippen LogP contribution in [0.2, 0.25) is 0 Å². The van der Waals surface area contributed by atoms with Crippen molar-refractivity contribution in [1.29, 1.82) is 0 Å². The molecule has 16 heavy (non-hydrogen) atoms. The quantitative estimate of drug-likeness (QED) is 0.820. The van der Waals surface area contributed by atoms with Crippen LogP contribution in [0.1, 0.15) is 12.8 Å². The Bertz CT molecular complexity index is 376. The van der Waals surface area contributed by atoms with E-state index in [9.17, 15) is 4.39 Å². The average molecular weight is 220 g/mol. The van der Waals surface area contributed by atoms with Crippen molar-refractivity contribution in [3.8, 4) is 0 Å². The first-order valence-corrected chi connectivity index (χ1v) is 6.07. The maximum absolute atomic E-state index is 13.7. The first-order valence-electron chi connectivity index (χ1n) is 6.07. The highest BCUT2D eigenvalue weighted by Gasteiger charge is 2.34. The van der Waals surface area contributed by atoms with Crippen LogP contribution in [0.15, 0.2) is 24.3 Å². The van der Waals surface area contributed by atoms with Gasteiger partial charge in [0.25, 0.3) is 0 Å². The Morgan fingerprint density at radius 1 is 1.25 bits per heavy atom. The van der Waals surface area contributed by atoms with Crippen LogP contribution in [0, 0.1) is 11.7 Å². The van der Waals surface area contributed by atoms with Crippen molar-refractivity contribution in [2.45, 2.75) is 18.9 Å². The van der Waals surface area contributed by atoms with Gasteiger partial charge in [-0.1, -0.05) is 12.1 Å². The van der Waals surface area contributed by atoms with Gasteiger partial charge in [-0.2, -0.15) is 0 Å². The number of para-hydroxylation sites is 1. The van der Waals surface area contributed by atoms with Gasteiger partial charge in [0.1, 0.15) is 5.82 Å². The number of nitrogens with zero attached hydrogens (tertiary/aromatic N) is 1. The molecule has 0 amide bonds. The average Bonchev–Trinajstić information content (AvgIpc) is 3.14. The van der Waals surface area contributed by atoms with Gasteiger partial charge >= 0.3 is 0 Å². The van der Waals surface area contributed by atoms with Gasteiger partial charge in [0, 0.05) is 25.7 Å². The fraction of sp³-hybridized carbons (Fsp3) is 0.538.